The van der Waals surface area contributed by atoms with Crippen molar-refractivity contribution in [3.05, 3.63) is 0 Å². The van der Waals surface area contributed by atoms with Crippen LogP contribution in [-0.2, 0) is 0 Å². The van der Waals surface area contributed by atoms with Gasteiger partial charge in [-0.05, 0) is 25.2 Å². The molecule has 0 amide bonds. The second-order valence-corrected chi connectivity index (χ2v) is 5.67. The fourth-order valence-corrected chi connectivity index (χ4v) is 1.80. The lowest BCUT2D eigenvalue weighted by Gasteiger charge is -2.42. The smallest absolute Gasteiger partial charge is 0.165 e. The van der Waals surface area contributed by atoms with Crippen LogP contribution in [0.4, 0.5) is 0 Å². The third kappa shape index (κ3) is 3.65. The molecule has 0 aromatic heterocycles. The Labute approximate surface area is 82.0 Å². The van der Waals surface area contributed by atoms with Gasteiger partial charge >= 0.3 is 0 Å². The van der Waals surface area contributed by atoms with E-state index in [9.17, 15) is 10.2 Å². The van der Waals surface area contributed by atoms with E-state index in [1.807, 2.05) is 13.8 Å². The van der Waals surface area contributed by atoms with E-state index in [0.717, 1.165) is 12.8 Å². The van der Waals surface area contributed by atoms with Gasteiger partial charge in [-0.2, -0.15) is 0 Å². The minimum absolute atomic E-state index is 0.123. The van der Waals surface area contributed by atoms with E-state index in [0.29, 0.717) is 0 Å². The second-order valence-electron chi connectivity index (χ2n) is 5.67. The molecule has 0 aromatic rings. The normalized spacial score (nSPS) is 18.5. The van der Waals surface area contributed by atoms with Crippen LogP contribution >= 0.6 is 0 Å². The average Bonchev–Trinajstić information content (AvgIpc) is 1.81. The van der Waals surface area contributed by atoms with E-state index < -0.39 is 11.2 Å². The third-order valence-corrected chi connectivity index (χ3v) is 2.84. The molecule has 0 aliphatic rings. The number of hydrogen-bond acceptors (Lipinski definition) is 2. The van der Waals surface area contributed by atoms with Gasteiger partial charge in [-0.3, -0.25) is 0 Å². The van der Waals surface area contributed by atoms with Gasteiger partial charge in [-0.1, -0.05) is 34.6 Å². The molecular formula is C11H24O2. The predicted molar refractivity (Wildman–Crippen MR) is 55.3 cm³/mol. The van der Waals surface area contributed by atoms with Crippen molar-refractivity contribution in [2.45, 2.75) is 60.2 Å². The van der Waals surface area contributed by atoms with Gasteiger partial charge in [0.25, 0.3) is 0 Å². The SMILES string of the molecule is CCC(C)(CC(C)(C)C)C(C)(O)O. The molecule has 2 heteroatoms. The lowest BCUT2D eigenvalue weighted by molar-refractivity contribution is -0.234. The Kier molecular flexibility index (Phi) is 3.56. The summed E-state index contributed by atoms with van der Waals surface area (Å²) in [6, 6.07) is 0. The minimum atomic E-state index is -1.59. The first-order valence-corrected chi connectivity index (χ1v) is 4.96. The van der Waals surface area contributed by atoms with Gasteiger partial charge in [-0.25, -0.2) is 0 Å². The van der Waals surface area contributed by atoms with Crippen molar-refractivity contribution in [3.8, 4) is 0 Å². The summed E-state index contributed by atoms with van der Waals surface area (Å²) in [5, 5.41) is 19.3. The second kappa shape index (κ2) is 3.58. The summed E-state index contributed by atoms with van der Waals surface area (Å²) in [4.78, 5) is 0. The van der Waals surface area contributed by atoms with Crippen molar-refractivity contribution in [2.75, 3.05) is 0 Å². The molecule has 0 saturated carbocycles. The molecule has 0 saturated heterocycles. The zero-order valence-electron chi connectivity index (χ0n) is 9.81. The highest BCUT2D eigenvalue weighted by Gasteiger charge is 2.42. The van der Waals surface area contributed by atoms with Crippen molar-refractivity contribution < 1.29 is 10.2 Å². The van der Waals surface area contributed by atoms with E-state index in [4.69, 9.17) is 0 Å². The van der Waals surface area contributed by atoms with Crippen LogP contribution in [0.1, 0.15) is 54.4 Å². The average molecular weight is 188 g/mol. The Morgan fingerprint density at radius 1 is 0.923 bits per heavy atom. The summed E-state index contributed by atoms with van der Waals surface area (Å²) >= 11 is 0. The quantitative estimate of drug-likeness (QED) is 0.668. The Balaban J connectivity index is 4.67. The fourth-order valence-electron chi connectivity index (χ4n) is 1.80. The molecule has 0 aliphatic heterocycles. The first-order valence-electron chi connectivity index (χ1n) is 4.96. The van der Waals surface area contributed by atoms with Gasteiger partial charge < -0.3 is 10.2 Å². The highest BCUT2D eigenvalue weighted by molar-refractivity contribution is 4.87. The Morgan fingerprint density at radius 3 is 1.38 bits per heavy atom. The molecule has 0 fully saturated rings. The third-order valence-electron chi connectivity index (χ3n) is 2.84. The first kappa shape index (κ1) is 12.9. The molecule has 0 aromatic carbocycles. The highest BCUT2D eigenvalue weighted by atomic mass is 16.5. The van der Waals surface area contributed by atoms with Crippen molar-refractivity contribution >= 4 is 0 Å². The molecule has 13 heavy (non-hydrogen) atoms. The maximum atomic E-state index is 9.66. The van der Waals surface area contributed by atoms with Gasteiger partial charge in [0.2, 0.25) is 0 Å². The molecule has 0 rings (SSSR count). The zero-order chi connectivity index (χ0) is 10.9. The monoisotopic (exact) mass is 188 g/mol. The van der Waals surface area contributed by atoms with E-state index >= 15 is 0 Å². The van der Waals surface area contributed by atoms with Gasteiger partial charge in [0.1, 0.15) is 0 Å². The topological polar surface area (TPSA) is 40.5 Å². The maximum absolute atomic E-state index is 9.66. The fraction of sp³-hybridized carbons (Fsp3) is 1.00. The molecule has 0 spiro atoms. The standard InChI is InChI=1S/C11H24O2/c1-7-10(5,11(6,12)13)8-9(2,3)4/h12-13H,7-8H2,1-6H3. The maximum Gasteiger partial charge on any atom is 0.165 e. The number of hydrogen-bond donors (Lipinski definition) is 2. The van der Waals surface area contributed by atoms with Gasteiger partial charge in [0.05, 0.1) is 0 Å². The van der Waals surface area contributed by atoms with E-state index in [-0.39, 0.29) is 5.41 Å². The van der Waals surface area contributed by atoms with Gasteiger partial charge in [-0.15, -0.1) is 0 Å². The van der Waals surface area contributed by atoms with Crippen molar-refractivity contribution in [1.29, 1.82) is 0 Å². The first-order chi connectivity index (χ1) is 5.52. The van der Waals surface area contributed by atoms with Gasteiger partial charge in [0.15, 0.2) is 5.79 Å². The number of rotatable bonds is 3. The Hall–Kier alpha value is -0.0800. The van der Waals surface area contributed by atoms with E-state index in [1.165, 1.54) is 6.92 Å². The number of aliphatic hydroxyl groups is 2. The molecule has 0 aliphatic carbocycles. The Morgan fingerprint density at radius 2 is 1.31 bits per heavy atom. The predicted octanol–water partition coefficient (Wildman–Crippen LogP) is 2.54. The molecule has 1 atom stereocenters. The summed E-state index contributed by atoms with van der Waals surface area (Å²) in [6.45, 7) is 11.8. The molecule has 80 valence electrons. The largest absolute Gasteiger partial charge is 0.365 e. The summed E-state index contributed by atoms with van der Waals surface area (Å²) in [5.74, 6) is -1.59. The van der Waals surface area contributed by atoms with Crippen molar-refractivity contribution in [1.82, 2.24) is 0 Å². The summed E-state index contributed by atoms with van der Waals surface area (Å²) in [6.07, 6.45) is 1.58. The molecule has 1 unspecified atom stereocenters. The minimum Gasteiger partial charge on any atom is -0.365 e. The van der Waals surface area contributed by atoms with Crippen LogP contribution in [0.3, 0.4) is 0 Å². The summed E-state index contributed by atoms with van der Waals surface area (Å²) in [7, 11) is 0. The van der Waals surface area contributed by atoms with Gasteiger partial charge in [0, 0.05) is 5.41 Å². The molecule has 0 radical (unpaired) electrons. The molecule has 2 nitrogen and oxygen atoms in total. The van der Waals surface area contributed by atoms with Crippen LogP contribution in [0.5, 0.6) is 0 Å². The molecule has 2 N–H and O–H groups in total. The molecule has 0 bridgehead atoms. The van der Waals surface area contributed by atoms with Crippen molar-refractivity contribution in [2.24, 2.45) is 10.8 Å². The molecular weight excluding hydrogens is 164 g/mol. The van der Waals surface area contributed by atoms with Crippen LogP contribution in [0.25, 0.3) is 0 Å². The van der Waals surface area contributed by atoms with Crippen LogP contribution in [0.15, 0.2) is 0 Å². The Bertz CT molecular complexity index is 162. The molecule has 0 heterocycles. The zero-order valence-corrected chi connectivity index (χ0v) is 9.81. The lowest BCUT2D eigenvalue weighted by Crippen LogP contribution is -2.45. The lowest BCUT2D eigenvalue weighted by atomic mass is 9.69. The van der Waals surface area contributed by atoms with Crippen LogP contribution < -0.4 is 0 Å². The van der Waals surface area contributed by atoms with Crippen LogP contribution in [0.2, 0.25) is 0 Å². The van der Waals surface area contributed by atoms with E-state index in [1.54, 1.807) is 0 Å². The van der Waals surface area contributed by atoms with Crippen molar-refractivity contribution in [3.63, 3.8) is 0 Å². The van der Waals surface area contributed by atoms with Crippen LogP contribution in [0, 0.1) is 10.8 Å². The van der Waals surface area contributed by atoms with Crippen LogP contribution in [-0.4, -0.2) is 16.0 Å². The van der Waals surface area contributed by atoms with E-state index in [2.05, 4.69) is 20.8 Å². The highest BCUT2D eigenvalue weighted by Crippen LogP contribution is 2.42. The summed E-state index contributed by atoms with van der Waals surface area (Å²) < 4.78 is 0. The summed E-state index contributed by atoms with van der Waals surface area (Å²) in [5.41, 5.74) is -0.303.